The maximum Gasteiger partial charge on any atom is 0.236 e. The summed E-state index contributed by atoms with van der Waals surface area (Å²) in [5.41, 5.74) is 0. The van der Waals surface area contributed by atoms with Crippen LogP contribution >= 0.6 is 0 Å². The molecule has 100 valence electrons. The number of carbonyl (C=O) groups excluding carboxylic acids is 1. The van der Waals surface area contributed by atoms with E-state index in [1.165, 1.54) is 44.9 Å². The molecule has 1 fully saturated rings. The van der Waals surface area contributed by atoms with E-state index in [0.717, 1.165) is 5.92 Å². The van der Waals surface area contributed by atoms with Crippen molar-refractivity contribution in [2.75, 3.05) is 20.6 Å². The standard InChI is InChI=1S/C14H28N2O/c1-4-6-12-7-5-8-13(10-9-12)15-11-14(17)16(2)3/h12-13,15H,4-11H2,1-3H3. The lowest BCUT2D eigenvalue weighted by molar-refractivity contribution is -0.127. The number of hydrogen-bond donors (Lipinski definition) is 1. The van der Waals surface area contributed by atoms with Crippen molar-refractivity contribution in [1.82, 2.24) is 10.2 Å². The molecule has 3 heteroatoms. The maximum atomic E-state index is 11.5. The Morgan fingerprint density at radius 3 is 2.65 bits per heavy atom. The highest BCUT2D eigenvalue weighted by molar-refractivity contribution is 5.77. The Balaban J connectivity index is 2.24. The second-order valence-corrected chi connectivity index (χ2v) is 5.53. The average Bonchev–Trinajstić information content (AvgIpc) is 2.52. The van der Waals surface area contributed by atoms with Crippen LogP contribution in [0.15, 0.2) is 0 Å². The SMILES string of the molecule is CCCC1CCCC(NCC(=O)N(C)C)CC1. The van der Waals surface area contributed by atoms with Gasteiger partial charge in [-0.25, -0.2) is 0 Å². The summed E-state index contributed by atoms with van der Waals surface area (Å²) in [7, 11) is 3.63. The quantitative estimate of drug-likeness (QED) is 0.749. The molecular weight excluding hydrogens is 212 g/mol. The predicted octanol–water partition coefficient (Wildman–Crippen LogP) is 2.41. The topological polar surface area (TPSA) is 32.3 Å². The van der Waals surface area contributed by atoms with Crippen LogP contribution in [-0.4, -0.2) is 37.5 Å². The van der Waals surface area contributed by atoms with Crippen molar-refractivity contribution in [2.45, 2.75) is 57.9 Å². The molecule has 0 aromatic rings. The van der Waals surface area contributed by atoms with Crippen molar-refractivity contribution in [1.29, 1.82) is 0 Å². The molecule has 2 atom stereocenters. The molecule has 3 nitrogen and oxygen atoms in total. The molecule has 1 rings (SSSR count). The molecule has 1 aliphatic carbocycles. The number of hydrogen-bond acceptors (Lipinski definition) is 2. The van der Waals surface area contributed by atoms with Crippen LogP contribution in [0.25, 0.3) is 0 Å². The number of amides is 1. The Morgan fingerprint density at radius 2 is 2.00 bits per heavy atom. The van der Waals surface area contributed by atoms with Crippen LogP contribution in [0.3, 0.4) is 0 Å². The number of carbonyl (C=O) groups is 1. The number of nitrogens with zero attached hydrogens (tertiary/aromatic N) is 1. The Bertz CT molecular complexity index is 228. The summed E-state index contributed by atoms with van der Waals surface area (Å²) in [6.45, 7) is 2.77. The Kier molecular flexibility index (Phi) is 6.56. The summed E-state index contributed by atoms with van der Waals surface area (Å²) in [6, 6.07) is 0.556. The van der Waals surface area contributed by atoms with Gasteiger partial charge in [0.15, 0.2) is 0 Å². The lowest BCUT2D eigenvalue weighted by Gasteiger charge is -2.18. The minimum Gasteiger partial charge on any atom is -0.348 e. The molecule has 0 bridgehead atoms. The summed E-state index contributed by atoms with van der Waals surface area (Å²) < 4.78 is 0. The van der Waals surface area contributed by atoms with E-state index < -0.39 is 0 Å². The normalized spacial score (nSPS) is 25.4. The zero-order valence-corrected chi connectivity index (χ0v) is 11.7. The third kappa shape index (κ3) is 5.53. The van der Waals surface area contributed by atoms with Crippen molar-refractivity contribution in [3.05, 3.63) is 0 Å². The van der Waals surface area contributed by atoms with E-state index >= 15 is 0 Å². The molecule has 0 radical (unpaired) electrons. The monoisotopic (exact) mass is 240 g/mol. The molecule has 0 aliphatic heterocycles. The van der Waals surface area contributed by atoms with Gasteiger partial charge in [-0.3, -0.25) is 4.79 Å². The number of rotatable bonds is 5. The minimum atomic E-state index is 0.180. The zero-order valence-electron chi connectivity index (χ0n) is 11.7. The Morgan fingerprint density at radius 1 is 1.24 bits per heavy atom. The van der Waals surface area contributed by atoms with Crippen molar-refractivity contribution in [2.24, 2.45) is 5.92 Å². The van der Waals surface area contributed by atoms with Crippen LogP contribution in [0.5, 0.6) is 0 Å². The second kappa shape index (κ2) is 7.70. The van der Waals surface area contributed by atoms with Crippen molar-refractivity contribution < 1.29 is 4.79 Å². The van der Waals surface area contributed by atoms with Crippen molar-refractivity contribution >= 4 is 5.91 Å². The molecule has 0 saturated heterocycles. The lowest BCUT2D eigenvalue weighted by Crippen LogP contribution is -2.38. The highest BCUT2D eigenvalue weighted by Crippen LogP contribution is 2.26. The minimum absolute atomic E-state index is 0.180. The highest BCUT2D eigenvalue weighted by Gasteiger charge is 2.18. The van der Waals surface area contributed by atoms with Gasteiger partial charge in [-0.1, -0.05) is 32.6 Å². The lowest BCUT2D eigenvalue weighted by atomic mass is 9.95. The van der Waals surface area contributed by atoms with Gasteiger partial charge in [-0.15, -0.1) is 0 Å². The molecule has 1 aliphatic rings. The van der Waals surface area contributed by atoms with E-state index in [2.05, 4.69) is 12.2 Å². The van der Waals surface area contributed by atoms with Crippen molar-refractivity contribution in [3.8, 4) is 0 Å². The van der Waals surface area contributed by atoms with Gasteiger partial charge in [0, 0.05) is 20.1 Å². The molecule has 1 amide bonds. The summed E-state index contributed by atoms with van der Waals surface area (Å²) in [5, 5.41) is 3.41. The third-order valence-electron chi connectivity index (χ3n) is 3.83. The van der Waals surface area contributed by atoms with E-state index in [4.69, 9.17) is 0 Å². The van der Waals surface area contributed by atoms with Gasteiger partial charge in [0.25, 0.3) is 0 Å². The van der Waals surface area contributed by atoms with Gasteiger partial charge in [0.2, 0.25) is 5.91 Å². The molecule has 1 saturated carbocycles. The fourth-order valence-corrected chi connectivity index (χ4v) is 2.67. The van der Waals surface area contributed by atoms with Crippen LogP contribution in [0, 0.1) is 5.92 Å². The number of nitrogens with one attached hydrogen (secondary N) is 1. The summed E-state index contributed by atoms with van der Waals surface area (Å²) in [5.74, 6) is 1.11. The molecule has 1 N–H and O–H groups in total. The summed E-state index contributed by atoms with van der Waals surface area (Å²) in [4.78, 5) is 13.2. The highest BCUT2D eigenvalue weighted by atomic mass is 16.2. The average molecular weight is 240 g/mol. The predicted molar refractivity (Wildman–Crippen MR) is 72.0 cm³/mol. The van der Waals surface area contributed by atoms with E-state index in [1.54, 1.807) is 4.90 Å². The summed E-state index contributed by atoms with van der Waals surface area (Å²) >= 11 is 0. The molecule has 0 spiro atoms. The molecule has 17 heavy (non-hydrogen) atoms. The fourth-order valence-electron chi connectivity index (χ4n) is 2.67. The van der Waals surface area contributed by atoms with Gasteiger partial charge in [-0.05, 0) is 25.2 Å². The van der Waals surface area contributed by atoms with Gasteiger partial charge in [0.05, 0.1) is 6.54 Å². The molecule has 0 aromatic carbocycles. The van der Waals surface area contributed by atoms with E-state index in [1.807, 2.05) is 14.1 Å². The molecule has 0 heterocycles. The Hall–Kier alpha value is -0.570. The van der Waals surface area contributed by atoms with Crippen molar-refractivity contribution in [3.63, 3.8) is 0 Å². The first-order valence-corrected chi connectivity index (χ1v) is 7.07. The smallest absolute Gasteiger partial charge is 0.236 e. The Labute approximate surface area is 106 Å². The van der Waals surface area contributed by atoms with Crippen LogP contribution < -0.4 is 5.32 Å². The van der Waals surface area contributed by atoms with Gasteiger partial charge < -0.3 is 10.2 Å². The fraction of sp³-hybridized carbons (Fsp3) is 0.929. The second-order valence-electron chi connectivity index (χ2n) is 5.53. The first-order valence-electron chi connectivity index (χ1n) is 7.07. The zero-order chi connectivity index (χ0) is 12.7. The summed E-state index contributed by atoms with van der Waals surface area (Å²) in [6.07, 6.45) is 9.20. The van der Waals surface area contributed by atoms with Crippen LogP contribution in [0.2, 0.25) is 0 Å². The first-order chi connectivity index (χ1) is 8.13. The van der Waals surface area contributed by atoms with Gasteiger partial charge in [-0.2, -0.15) is 0 Å². The number of likely N-dealkylation sites (N-methyl/N-ethyl adjacent to an activating group) is 1. The molecule has 0 aromatic heterocycles. The maximum absolute atomic E-state index is 11.5. The largest absolute Gasteiger partial charge is 0.348 e. The van der Waals surface area contributed by atoms with E-state index in [9.17, 15) is 4.79 Å². The van der Waals surface area contributed by atoms with Crippen LogP contribution in [0.4, 0.5) is 0 Å². The van der Waals surface area contributed by atoms with Gasteiger partial charge >= 0.3 is 0 Å². The molecule has 2 unspecified atom stereocenters. The van der Waals surface area contributed by atoms with E-state index in [-0.39, 0.29) is 5.91 Å². The van der Waals surface area contributed by atoms with Crippen LogP contribution in [-0.2, 0) is 4.79 Å². The van der Waals surface area contributed by atoms with E-state index in [0.29, 0.717) is 12.6 Å². The molecular formula is C14H28N2O. The third-order valence-corrected chi connectivity index (χ3v) is 3.83. The van der Waals surface area contributed by atoms with Gasteiger partial charge in [0.1, 0.15) is 0 Å². The first kappa shape index (κ1) is 14.5. The van der Waals surface area contributed by atoms with Crippen LogP contribution in [0.1, 0.15) is 51.9 Å².